The van der Waals surface area contributed by atoms with Crippen molar-refractivity contribution in [1.29, 1.82) is 0 Å². The summed E-state index contributed by atoms with van der Waals surface area (Å²) in [6.07, 6.45) is 4.58. The third-order valence-electron chi connectivity index (χ3n) is 1.81. The molecular weight excluding hydrogens is 212 g/mol. The summed E-state index contributed by atoms with van der Waals surface area (Å²) >= 11 is 0. The molecule has 4 N–H and O–H groups in total. The number of amides is 1. The van der Waals surface area contributed by atoms with E-state index in [4.69, 9.17) is 5.73 Å². The van der Waals surface area contributed by atoms with Crippen molar-refractivity contribution >= 4 is 11.6 Å². The lowest BCUT2D eigenvalue weighted by Crippen LogP contribution is -2.23. The zero-order chi connectivity index (χ0) is 12.0. The molecule has 0 aliphatic rings. The highest BCUT2D eigenvalue weighted by Gasteiger charge is 2.13. The van der Waals surface area contributed by atoms with E-state index < -0.39 is 10.8 Å². The van der Waals surface area contributed by atoms with Gasteiger partial charge in [-0.2, -0.15) is 0 Å². The smallest absolute Gasteiger partial charge is 0.287 e. The van der Waals surface area contributed by atoms with Gasteiger partial charge in [0.25, 0.3) is 11.6 Å². The Morgan fingerprint density at radius 1 is 1.62 bits per heavy atom. The largest absolute Gasteiger partial charge is 0.351 e. The van der Waals surface area contributed by atoms with Crippen LogP contribution in [0.1, 0.15) is 10.5 Å². The van der Waals surface area contributed by atoms with Crippen molar-refractivity contribution in [2.75, 3.05) is 13.1 Å². The summed E-state index contributed by atoms with van der Waals surface area (Å²) in [7, 11) is 0. The van der Waals surface area contributed by atoms with Crippen LogP contribution in [0, 0.1) is 10.1 Å². The summed E-state index contributed by atoms with van der Waals surface area (Å²) in [4.78, 5) is 23.7. The van der Waals surface area contributed by atoms with Gasteiger partial charge in [0.2, 0.25) is 0 Å². The SMILES string of the molecule is NC/C=C/CNC(=O)c1cc([N+](=O)[O-])c[nH]1. The van der Waals surface area contributed by atoms with Crippen molar-refractivity contribution in [1.82, 2.24) is 10.3 Å². The molecule has 0 saturated carbocycles. The van der Waals surface area contributed by atoms with Crippen LogP contribution < -0.4 is 11.1 Å². The number of hydrogen-bond acceptors (Lipinski definition) is 4. The maximum Gasteiger partial charge on any atom is 0.287 e. The molecule has 16 heavy (non-hydrogen) atoms. The van der Waals surface area contributed by atoms with Crippen LogP contribution in [0.15, 0.2) is 24.4 Å². The van der Waals surface area contributed by atoms with Crippen molar-refractivity contribution in [2.24, 2.45) is 5.73 Å². The van der Waals surface area contributed by atoms with Gasteiger partial charge in [0, 0.05) is 19.2 Å². The van der Waals surface area contributed by atoms with Crippen LogP contribution in [0.25, 0.3) is 0 Å². The highest BCUT2D eigenvalue weighted by Crippen LogP contribution is 2.11. The van der Waals surface area contributed by atoms with Crippen molar-refractivity contribution in [3.8, 4) is 0 Å². The molecule has 86 valence electrons. The van der Waals surface area contributed by atoms with E-state index in [-0.39, 0.29) is 11.4 Å². The zero-order valence-corrected chi connectivity index (χ0v) is 8.47. The molecule has 0 fully saturated rings. The summed E-state index contributed by atoms with van der Waals surface area (Å²) in [5.41, 5.74) is 5.24. The van der Waals surface area contributed by atoms with Crippen LogP contribution in [-0.2, 0) is 0 Å². The second-order valence-corrected chi connectivity index (χ2v) is 2.95. The lowest BCUT2D eigenvalue weighted by molar-refractivity contribution is -0.384. The molecule has 0 radical (unpaired) electrons. The van der Waals surface area contributed by atoms with E-state index in [9.17, 15) is 14.9 Å². The molecule has 0 aliphatic carbocycles. The van der Waals surface area contributed by atoms with Crippen LogP contribution >= 0.6 is 0 Å². The number of nitrogens with two attached hydrogens (primary N) is 1. The number of nitrogens with one attached hydrogen (secondary N) is 2. The van der Waals surface area contributed by atoms with Crippen LogP contribution in [-0.4, -0.2) is 28.9 Å². The van der Waals surface area contributed by atoms with Gasteiger partial charge >= 0.3 is 0 Å². The second kappa shape index (κ2) is 5.66. The Kier molecular flexibility index (Phi) is 4.22. The van der Waals surface area contributed by atoms with Gasteiger partial charge < -0.3 is 16.0 Å². The van der Waals surface area contributed by atoms with Crippen molar-refractivity contribution in [2.45, 2.75) is 0 Å². The molecule has 7 nitrogen and oxygen atoms in total. The summed E-state index contributed by atoms with van der Waals surface area (Å²) < 4.78 is 0. The number of H-pyrrole nitrogens is 1. The Bertz CT molecular complexity index is 411. The predicted molar refractivity (Wildman–Crippen MR) is 58.0 cm³/mol. The Labute approximate surface area is 91.5 Å². The normalized spacial score (nSPS) is 10.6. The third kappa shape index (κ3) is 3.21. The first-order valence-electron chi connectivity index (χ1n) is 4.61. The average Bonchev–Trinajstić information content (AvgIpc) is 2.73. The van der Waals surface area contributed by atoms with Gasteiger partial charge in [-0.1, -0.05) is 12.2 Å². The number of carbonyl (C=O) groups is 1. The number of nitrogens with zero attached hydrogens (tertiary/aromatic N) is 1. The van der Waals surface area contributed by atoms with Gasteiger partial charge in [-0.15, -0.1) is 0 Å². The molecule has 1 amide bonds. The Morgan fingerprint density at radius 3 is 2.94 bits per heavy atom. The maximum atomic E-state index is 11.4. The fourth-order valence-corrected chi connectivity index (χ4v) is 1.05. The van der Waals surface area contributed by atoms with Gasteiger partial charge in [-0.05, 0) is 0 Å². The average molecular weight is 224 g/mol. The molecule has 1 aromatic rings. The molecule has 0 aliphatic heterocycles. The zero-order valence-electron chi connectivity index (χ0n) is 8.47. The van der Waals surface area contributed by atoms with Gasteiger partial charge in [-0.25, -0.2) is 0 Å². The summed E-state index contributed by atoms with van der Waals surface area (Å²) in [5.74, 6) is -0.394. The molecule has 0 unspecified atom stereocenters. The number of rotatable bonds is 5. The van der Waals surface area contributed by atoms with Crippen LogP contribution in [0.2, 0.25) is 0 Å². The van der Waals surface area contributed by atoms with E-state index in [1.165, 1.54) is 12.3 Å². The van der Waals surface area contributed by atoms with Crippen LogP contribution in [0.5, 0.6) is 0 Å². The van der Waals surface area contributed by atoms with Gasteiger partial charge in [0.15, 0.2) is 0 Å². The highest BCUT2D eigenvalue weighted by atomic mass is 16.6. The number of carbonyl (C=O) groups excluding carboxylic acids is 1. The maximum absolute atomic E-state index is 11.4. The monoisotopic (exact) mass is 224 g/mol. The van der Waals surface area contributed by atoms with Crippen LogP contribution in [0.4, 0.5) is 5.69 Å². The van der Waals surface area contributed by atoms with Crippen molar-refractivity contribution < 1.29 is 9.72 Å². The fraction of sp³-hybridized carbons (Fsp3) is 0.222. The van der Waals surface area contributed by atoms with Crippen molar-refractivity contribution in [3.63, 3.8) is 0 Å². The Morgan fingerprint density at radius 2 is 2.38 bits per heavy atom. The van der Waals surface area contributed by atoms with E-state index in [0.29, 0.717) is 13.1 Å². The highest BCUT2D eigenvalue weighted by molar-refractivity contribution is 5.93. The summed E-state index contributed by atoms with van der Waals surface area (Å²) in [6.45, 7) is 0.743. The molecule has 1 aromatic heterocycles. The summed E-state index contributed by atoms with van der Waals surface area (Å²) in [6, 6.07) is 1.18. The second-order valence-electron chi connectivity index (χ2n) is 2.95. The number of aromatic amines is 1. The molecule has 0 aromatic carbocycles. The molecule has 0 bridgehead atoms. The number of hydrogen-bond donors (Lipinski definition) is 3. The first-order valence-corrected chi connectivity index (χ1v) is 4.61. The lowest BCUT2D eigenvalue weighted by Gasteiger charge is -1.98. The molecule has 0 saturated heterocycles. The first kappa shape index (κ1) is 11.9. The van der Waals surface area contributed by atoms with Gasteiger partial charge in [0.05, 0.1) is 11.1 Å². The molecule has 1 rings (SSSR count). The topological polar surface area (TPSA) is 114 Å². The minimum Gasteiger partial charge on any atom is -0.351 e. The van der Waals surface area contributed by atoms with E-state index in [2.05, 4.69) is 10.3 Å². The van der Waals surface area contributed by atoms with E-state index in [0.717, 1.165) is 0 Å². The summed E-state index contributed by atoms with van der Waals surface area (Å²) in [5, 5.41) is 12.9. The van der Waals surface area contributed by atoms with E-state index >= 15 is 0 Å². The van der Waals surface area contributed by atoms with E-state index in [1.54, 1.807) is 12.2 Å². The number of aromatic nitrogens is 1. The lowest BCUT2D eigenvalue weighted by atomic mass is 10.4. The minimum absolute atomic E-state index is 0.136. The van der Waals surface area contributed by atoms with E-state index in [1.807, 2.05) is 0 Å². The van der Waals surface area contributed by atoms with Crippen LogP contribution in [0.3, 0.4) is 0 Å². The molecule has 1 heterocycles. The quantitative estimate of drug-likeness (QED) is 0.375. The molecule has 0 spiro atoms. The molecule has 0 atom stereocenters. The third-order valence-corrected chi connectivity index (χ3v) is 1.81. The van der Waals surface area contributed by atoms with Gasteiger partial charge in [-0.3, -0.25) is 14.9 Å². The van der Waals surface area contributed by atoms with Crippen molar-refractivity contribution in [3.05, 3.63) is 40.2 Å². The molecule has 7 heteroatoms. The Balaban J connectivity index is 2.53. The molecular formula is C9H12N4O3. The number of nitro groups is 1. The Hall–Kier alpha value is -2.15. The standard InChI is InChI=1S/C9H12N4O3/c10-3-1-2-4-11-9(14)8-5-7(6-12-8)13(15)16/h1-2,5-6,12H,3-4,10H2,(H,11,14)/b2-1+. The minimum atomic E-state index is -0.568. The van der Waals surface area contributed by atoms with Gasteiger partial charge in [0.1, 0.15) is 5.69 Å². The first-order chi connectivity index (χ1) is 7.65. The fourth-order valence-electron chi connectivity index (χ4n) is 1.05. The predicted octanol–water partition coefficient (Wildman–Crippen LogP) is 0.168.